The van der Waals surface area contributed by atoms with Gasteiger partial charge in [-0.05, 0) is 36.5 Å². The summed E-state index contributed by atoms with van der Waals surface area (Å²) < 4.78 is 2.57. The van der Waals surface area contributed by atoms with E-state index in [9.17, 15) is 0 Å². The van der Waals surface area contributed by atoms with Crippen molar-refractivity contribution in [1.82, 2.24) is 4.57 Å². The summed E-state index contributed by atoms with van der Waals surface area (Å²) >= 11 is 0. The third kappa shape index (κ3) is 4.27. The van der Waals surface area contributed by atoms with Gasteiger partial charge in [-0.1, -0.05) is 93.8 Å². The van der Waals surface area contributed by atoms with Gasteiger partial charge in [-0.3, -0.25) is 0 Å². The highest BCUT2D eigenvalue weighted by Crippen LogP contribution is 2.36. The Morgan fingerprint density at radius 3 is 1.96 bits per heavy atom. The van der Waals surface area contributed by atoms with Gasteiger partial charge >= 0.3 is 0 Å². The fourth-order valence-electron chi connectivity index (χ4n) is 3.77. The first kappa shape index (κ1) is 18.5. The van der Waals surface area contributed by atoms with Crippen LogP contribution in [0.2, 0.25) is 0 Å². The highest BCUT2D eigenvalue weighted by Gasteiger charge is 2.17. The third-order valence-electron chi connectivity index (χ3n) is 5.05. The standard InChI is InChI=1S/C25H31N/c1-3-5-6-13-18-23-20-24(21-14-9-7-10-15-21)25(26(23)19-4-2)22-16-11-8-12-17-22/h7-12,14-17,20H,3-6,13,18-19H2,1-2H3. The second-order valence-electron chi connectivity index (χ2n) is 7.09. The number of hydrogen-bond donors (Lipinski definition) is 0. The summed E-state index contributed by atoms with van der Waals surface area (Å²) in [4.78, 5) is 0. The molecule has 0 unspecified atom stereocenters. The zero-order valence-electron chi connectivity index (χ0n) is 16.2. The Hall–Kier alpha value is -2.28. The minimum atomic E-state index is 1.08. The molecule has 0 N–H and O–H groups in total. The maximum atomic E-state index is 2.57. The number of benzene rings is 2. The average Bonchev–Trinajstić information content (AvgIpc) is 3.05. The van der Waals surface area contributed by atoms with E-state index in [-0.39, 0.29) is 0 Å². The molecular weight excluding hydrogens is 314 g/mol. The number of aromatic nitrogens is 1. The van der Waals surface area contributed by atoms with Crippen molar-refractivity contribution >= 4 is 0 Å². The summed E-state index contributed by atoms with van der Waals surface area (Å²) in [6, 6.07) is 24.2. The number of rotatable bonds is 9. The maximum Gasteiger partial charge on any atom is 0.0562 e. The molecule has 1 heterocycles. The van der Waals surface area contributed by atoms with Crippen LogP contribution in [-0.4, -0.2) is 4.57 Å². The van der Waals surface area contributed by atoms with Crippen molar-refractivity contribution in [3.05, 3.63) is 72.4 Å². The van der Waals surface area contributed by atoms with Crippen LogP contribution in [0.25, 0.3) is 22.4 Å². The Balaban J connectivity index is 2.07. The van der Waals surface area contributed by atoms with Crippen molar-refractivity contribution in [2.45, 2.75) is 58.9 Å². The van der Waals surface area contributed by atoms with Gasteiger partial charge in [-0.25, -0.2) is 0 Å². The highest BCUT2D eigenvalue weighted by molar-refractivity contribution is 5.82. The van der Waals surface area contributed by atoms with Gasteiger partial charge in [0.1, 0.15) is 0 Å². The summed E-state index contributed by atoms with van der Waals surface area (Å²) in [6.07, 6.45) is 7.57. The summed E-state index contributed by atoms with van der Waals surface area (Å²) in [6.45, 7) is 5.64. The van der Waals surface area contributed by atoms with Crippen molar-refractivity contribution in [3.63, 3.8) is 0 Å². The molecule has 0 aliphatic heterocycles. The Labute approximate surface area is 158 Å². The molecule has 0 spiro atoms. The van der Waals surface area contributed by atoms with E-state index in [0.29, 0.717) is 0 Å². The van der Waals surface area contributed by atoms with Crippen LogP contribution in [0.1, 0.15) is 51.6 Å². The van der Waals surface area contributed by atoms with Gasteiger partial charge in [0.15, 0.2) is 0 Å². The smallest absolute Gasteiger partial charge is 0.0562 e. The van der Waals surface area contributed by atoms with Crippen molar-refractivity contribution in [1.29, 1.82) is 0 Å². The SMILES string of the molecule is CCCCCCc1cc(-c2ccccc2)c(-c2ccccc2)n1CCC. The predicted octanol–water partition coefficient (Wildman–Crippen LogP) is 7.35. The lowest BCUT2D eigenvalue weighted by Gasteiger charge is -2.14. The second-order valence-corrected chi connectivity index (χ2v) is 7.09. The van der Waals surface area contributed by atoms with Crippen LogP contribution in [0.15, 0.2) is 66.7 Å². The molecule has 0 saturated heterocycles. The maximum absolute atomic E-state index is 2.57. The molecule has 1 aromatic heterocycles. The minimum absolute atomic E-state index is 1.08. The van der Waals surface area contributed by atoms with Crippen LogP contribution >= 0.6 is 0 Å². The zero-order chi connectivity index (χ0) is 18.2. The predicted molar refractivity (Wildman–Crippen MR) is 113 cm³/mol. The fraction of sp³-hybridized carbons (Fsp3) is 0.360. The van der Waals surface area contributed by atoms with Gasteiger partial charge in [0, 0.05) is 17.8 Å². The molecule has 2 aromatic carbocycles. The van der Waals surface area contributed by atoms with Gasteiger partial charge < -0.3 is 4.57 Å². The lowest BCUT2D eigenvalue weighted by atomic mass is 10.0. The molecule has 26 heavy (non-hydrogen) atoms. The third-order valence-corrected chi connectivity index (χ3v) is 5.05. The summed E-state index contributed by atoms with van der Waals surface area (Å²) in [5.41, 5.74) is 6.87. The number of nitrogens with zero attached hydrogens (tertiary/aromatic N) is 1. The van der Waals surface area contributed by atoms with E-state index in [4.69, 9.17) is 0 Å². The number of unbranched alkanes of at least 4 members (excludes halogenated alkanes) is 3. The monoisotopic (exact) mass is 345 g/mol. The van der Waals surface area contributed by atoms with Crippen molar-refractivity contribution in [3.8, 4) is 22.4 Å². The van der Waals surface area contributed by atoms with Crippen LogP contribution in [-0.2, 0) is 13.0 Å². The molecule has 3 rings (SSSR count). The largest absolute Gasteiger partial charge is 0.344 e. The van der Waals surface area contributed by atoms with Crippen molar-refractivity contribution < 1.29 is 0 Å². The van der Waals surface area contributed by atoms with Gasteiger partial charge in [-0.2, -0.15) is 0 Å². The molecule has 0 saturated carbocycles. The summed E-state index contributed by atoms with van der Waals surface area (Å²) in [5, 5.41) is 0. The van der Waals surface area contributed by atoms with E-state index in [1.165, 1.54) is 60.2 Å². The van der Waals surface area contributed by atoms with E-state index in [2.05, 4.69) is 85.1 Å². The highest BCUT2D eigenvalue weighted by atomic mass is 15.0. The van der Waals surface area contributed by atoms with Gasteiger partial charge in [0.05, 0.1) is 5.69 Å². The lowest BCUT2D eigenvalue weighted by Crippen LogP contribution is -2.05. The first-order valence-corrected chi connectivity index (χ1v) is 10.2. The van der Waals surface area contributed by atoms with Crippen molar-refractivity contribution in [2.75, 3.05) is 0 Å². The first-order valence-electron chi connectivity index (χ1n) is 10.2. The van der Waals surface area contributed by atoms with E-state index in [0.717, 1.165) is 13.0 Å². The molecule has 0 atom stereocenters. The molecule has 0 amide bonds. The molecular formula is C25H31N. The van der Waals surface area contributed by atoms with E-state index < -0.39 is 0 Å². The second kappa shape index (κ2) is 9.43. The fourth-order valence-corrected chi connectivity index (χ4v) is 3.77. The zero-order valence-corrected chi connectivity index (χ0v) is 16.2. The van der Waals surface area contributed by atoms with Crippen LogP contribution in [0, 0.1) is 0 Å². The molecule has 0 aliphatic carbocycles. The van der Waals surface area contributed by atoms with E-state index in [1.54, 1.807) is 0 Å². The quantitative estimate of drug-likeness (QED) is 0.357. The Morgan fingerprint density at radius 2 is 1.35 bits per heavy atom. The molecule has 136 valence electrons. The Morgan fingerprint density at radius 1 is 0.692 bits per heavy atom. The molecule has 0 aliphatic rings. The van der Waals surface area contributed by atoms with Gasteiger partial charge in [0.2, 0.25) is 0 Å². The van der Waals surface area contributed by atoms with Gasteiger partial charge in [-0.15, -0.1) is 0 Å². The summed E-state index contributed by atoms with van der Waals surface area (Å²) in [5.74, 6) is 0. The molecule has 3 aromatic rings. The molecule has 1 heteroatoms. The number of aryl methyl sites for hydroxylation is 1. The minimum Gasteiger partial charge on any atom is -0.344 e. The van der Waals surface area contributed by atoms with Crippen molar-refractivity contribution in [2.24, 2.45) is 0 Å². The Kier molecular flexibility index (Phi) is 6.71. The topological polar surface area (TPSA) is 4.93 Å². The van der Waals surface area contributed by atoms with Crippen LogP contribution in [0.5, 0.6) is 0 Å². The normalized spacial score (nSPS) is 11.0. The van der Waals surface area contributed by atoms with E-state index >= 15 is 0 Å². The van der Waals surface area contributed by atoms with Crippen LogP contribution in [0.3, 0.4) is 0 Å². The lowest BCUT2D eigenvalue weighted by molar-refractivity contribution is 0.613. The Bertz CT molecular complexity index is 784. The van der Waals surface area contributed by atoms with Gasteiger partial charge in [0.25, 0.3) is 0 Å². The molecule has 0 bridgehead atoms. The van der Waals surface area contributed by atoms with E-state index in [1.807, 2.05) is 0 Å². The average molecular weight is 346 g/mol. The molecule has 0 fully saturated rings. The van der Waals surface area contributed by atoms with Crippen LogP contribution < -0.4 is 0 Å². The molecule has 0 radical (unpaired) electrons. The molecule has 1 nitrogen and oxygen atoms in total. The van der Waals surface area contributed by atoms with Crippen LogP contribution in [0.4, 0.5) is 0 Å². The number of hydrogen-bond acceptors (Lipinski definition) is 0. The summed E-state index contributed by atoms with van der Waals surface area (Å²) in [7, 11) is 0. The first-order chi connectivity index (χ1) is 12.8.